The lowest BCUT2D eigenvalue weighted by Crippen LogP contribution is -2.42. The molecule has 144 valence electrons. The molecule has 6 nitrogen and oxygen atoms in total. The number of alkyl halides is 1. The third kappa shape index (κ3) is 6.54. The Kier molecular flexibility index (Phi) is 6.83. The number of piperidine rings is 1. The van der Waals surface area contributed by atoms with Gasteiger partial charge in [-0.3, -0.25) is 9.71 Å². The maximum atomic E-state index is 12.3. The number of nitrogens with one attached hydrogen (secondary N) is 1. The topological polar surface area (TPSA) is 67.9 Å². The van der Waals surface area contributed by atoms with Gasteiger partial charge in [0.1, 0.15) is 12.2 Å². The summed E-state index contributed by atoms with van der Waals surface area (Å²) < 4.78 is 22.4. The summed E-state index contributed by atoms with van der Waals surface area (Å²) in [5, 5.41) is 2.58. The molecule has 0 unspecified atom stereocenters. The first-order valence-corrected chi connectivity index (χ1v) is 8.83. The zero-order valence-electron chi connectivity index (χ0n) is 15.6. The first-order chi connectivity index (χ1) is 12.3. The lowest BCUT2D eigenvalue weighted by Gasteiger charge is -2.32. The van der Waals surface area contributed by atoms with Gasteiger partial charge in [-0.1, -0.05) is 12.1 Å². The molecule has 3 aliphatic heterocycles. The van der Waals surface area contributed by atoms with Crippen molar-refractivity contribution in [2.24, 2.45) is 5.92 Å². The molecule has 1 fully saturated rings. The number of halogens is 1. The zero-order chi connectivity index (χ0) is 19.2. The van der Waals surface area contributed by atoms with E-state index in [9.17, 15) is 14.0 Å². The molecule has 0 atom stereocenters. The van der Waals surface area contributed by atoms with Crippen LogP contribution in [-0.2, 0) is 16.1 Å². The van der Waals surface area contributed by atoms with Crippen LogP contribution in [-0.4, -0.2) is 42.5 Å². The highest BCUT2D eigenvalue weighted by atomic mass is 19.1. The van der Waals surface area contributed by atoms with Gasteiger partial charge in [-0.15, -0.1) is 0 Å². The van der Waals surface area contributed by atoms with E-state index >= 15 is 0 Å². The Morgan fingerprint density at radius 2 is 1.88 bits per heavy atom. The first-order valence-electron chi connectivity index (χ1n) is 8.83. The molecule has 1 aromatic rings. The van der Waals surface area contributed by atoms with Crippen molar-refractivity contribution in [3.05, 3.63) is 29.8 Å². The van der Waals surface area contributed by atoms with Crippen LogP contribution in [0.5, 0.6) is 0 Å². The molecule has 2 amide bonds. The number of ether oxygens (including phenoxy) is 2. The van der Waals surface area contributed by atoms with Gasteiger partial charge in [0.25, 0.3) is 0 Å². The number of carbonyl (C=O) groups is 2. The molecule has 0 spiro atoms. The first kappa shape index (κ1) is 20.0. The van der Waals surface area contributed by atoms with Crippen LogP contribution in [0.3, 0.4) is 0 Å². The van der Waals surface area contributed by atoms with Crippen LogP contribution in [0.15, 0.2) is 24.3 Å². The Morgan fingerprint density at radius 3 is 2.42 bits per heavy atom. The van der Waals surface area contributed by atoms with E-state index in [0.29, 0.717) is 19.7 Å². The minimum Gasteiger partial charge on any atom is -0.444 e. The summed E-state index contributed by atoms with van der Waals surface area (Å²) in [6.07, 6.45) is 0.830. The average Bonchev–Trinajstić information content (AvgIpc) is 2.58. The van der Waals surface area contributed by atoms with Crippen molar-refractivity contribution in [1.29, 1.82) is 0 Å². The second kappa shape index (κ2) is 8.87. The molecule has 3 aliphatic rings. The number of likely N-dealkylation sites (tertiary alicyclic amines) is 1. The summed E-state index contributed by atoms with van der Waals surface area (Å²) in [4.78, 5) is 24.1. The molecule has 7 heteroatoms. The van der Waals surface area contributed by atoms with E-state index in [4.69, 9.17) is 9.47 Å². The molecule has 1 N–H and O–H groups in total. The number of carbonyl (C=O) groups excluding carboxylic acids is 2. The molecule has 3 heterocycles. The highest BCUT2D eigenvalue weighted by Crippen LogP contribution is 2.19. The average molecular weight is 366 g/mol. The fraction of sp³-hybridized carbons (Fsp3) is 0.579. The minimum atomic E-state index is -0.450. The predicted molar refractivity (Wildman–Crippen MR) is 96.8 cm³/mol. The Bertz CT molecular complexity index is 605. The van der Waals surface area contributed by atoms with Gasteiger partial charge in [-0.25, -0.2) is 9.59 Å². The quantitative estimate of drug-likeness (QED) is 0.802. The zero-order valence-corrected chi connectivity index (χ0v) is 15.6. The number of nitrogens with zero attached hydrogens (tertiary/aromatic N) is 1. The lowest BCUT2D eigenvalue weighted by molar-refractivity contribution is 0.0175. The summed E-state index contributed by atoms with van der Waals surface area (Å²) >= 11 is 0. The standard InChI is InChI=1S/C11H20FNO2.C8H7NO2/c1-11(2,3)15-10(14)13-6-4-9(8-12)5-7-13;10-8-9-7-3-1-6(2-4-7)5-11-8/h9H,4-8H2,1-3H3;1-4H,5H2,(H,9,10). The molecule has 0 saturated carbocycles. The maximum Gasteiger partial charge on any atom is 0.411 e. The van der Waals surface area contributed by atoms with E-state index < -0.39 is 5.60 Å². The second-order valence-electron chi connectivity index (χ2n) is 7.46. The number of hydrogen-bond donors (Lipinski definition) is 1. The van der Waals surface area contributed by atoms with Crippen LogP contribution in [0, 0.1) is 5.92 Å². The van der Waals surface area contributed by atoms with Crippen molar-refractivity contribution in [3.8, 4) is 0 Å². The summed E-state index contributed by atoms with van der Waals surface area (Å²) in [6, 6.07) is 7.56. The van der Waals surface area contributed by atoms with Crippen LogP contribution in [0.1, 0.15) is 39.2 Å². The van der Waals surface area contributed by atoms with Crippen molar-refractivity contribution in [3.63, 3.8) is 0 Å². The van der Waals surface area contributed by atoms with E-state index in [0.717, 1.165) is 24.1 Å². The number of hydrogen-bond acceptors (Lipinski definition) is 4. The van der Waals surface area contributed by atoms with Crippen molar-refractivity contribution < 1.29 is 23.5 Å². The van der Waals surface area contributed by atoms with Gasteiger partial charge in [-0.2, -0.15) is 0 Å². The molecule has 1 saturated heterocycles. The Morgan fingerprint density at radius 1 is 1.27 bits per heavy atom. The molecule has 1 aromatic carbocycles. The molecule has 0 radical (unpaired) electrons. The van der Waals surface area contributed by atoms with Crippen LogP contribution in [0.25, 0.3) is 0 Å². The van der Waals surface area contributed by atoms with E-state index in [1.165, 1.54) is 0 Å². The van der Waals surface area contributed by atoms with Gasteiger partial charge in [0.15, 0.2) is 0 Å². The Hall–Kier alpha value is -2.31. The highest BCUT2D eigenvalue weighted by molar-refractivity contribution is 5.85. The SMILES string of the molecule is CC(C)(C)OC(=O)N1CCC(CF)CC1.O=C1Nc2ccc(cc2)CO1. The molecule has 0 aliphatic carbocycles. The van der Waals surface area contributed by atoms with E-state index in [1.54, 1.807) is 4.90 Å². The molecule has 0 aromatic heterocycles. The fourth-order valence-electron chi connectivity index (χ4n) is 2.58. The largest absolute Gasteiger partial charge is 0.444 e. The van der Waals surface area contributed by atoms with E-state index in [-0.39, 0.29) is 24.8 Å². The van der Waals surface area contributed by atoms with Gasteiger partial charge in [0, 0.05) is 18.8 Å². The lowest BCUT2D eigenvalue weighted by atomic mass is 9.99. The second-order valence-corrected chi connectivity index (χ2v) is 7.46. The number of rotatable bonds is 1. The normalized spacial score (nSPS) is 17.2. The summed E-state index contributed by atoms with van der Waals surface area (Å²) in [5.74, 6) is 0.128. The van der Waals surface area contributed by atoms with Crippen molar-refractivity contribution in [2.75, 3.05) is 25.1 Å². The number of benzene rings is 1. The van der Waals surface area contributed by atoms with Crippen LogP contribution in [0.2, 0.25) is 0 Å². The summed E-state index contributed by atoms with van der Waals surface area (Å²) in [6.45, 7) is 6.85. The summed E-state index contributed by atoms with van der Waals surface area (Å²) in [7, 11) is 0. The van der Waals surface area contributed by atoms with Crippen molar-refractivity contribution in [2.45, 2.75) is 45.8 Å². The van der Waals surface area contributed by atoms with Gasteiger partial charge in [-0.05, 0) is 57.2 Å². The van der Waals surface area contributed by atoms with Crippen molar-refractivity contribution >= 4 is 17.9 Å². The molecular weight excluding hydrogens is 339 g/mol. The summed E-state index contributed by atoms with van der Waals surface area (Å²) in [5.41, 5.74) is 1.34. The van der Waals surface area contributed by atoms with Crippen LogP contribution in [0.4, 0.5) is 19.7 Å². The predicted octanol–water partition coefficient (Wildman–Crippen LogP) is 4.35. The fourth-order valence-corrected chi connectivity index (χ4v) is 2.58. The smallest absolute Gasteiger partial charge is 0.411 e. The van der Waals surface area contributed by atoms with E-state index in [1.807, 2.05) is 45.0 Å². The molecule has 26 heavy (non-hydrogen) atoms. The highest BCUT2D eigenvalue weighted by Gasteiger charge is 2.26. The Labute approximate surface area is 153 Å². The van der Waals surface area contributed by atoms with Gasteiger partial charge < -0.3 is 14.4 Å². The van der Waals surface area contributed by atoms with Gasteiger partial charge in [0.2, 0.25) is 0 Å². The van der Waals surface area contributed by atoms with Crippen molar-refractivity contribution in [1.82, 2.24) is 4.90 Å². The van der Waals surface area contributed by atoms with Gasteiger partial charge in [0.05, 0.1) is 6.67 Å². The number of anilines is 1. The monoisotopic (exact) mass is 366 g/mol. The molecule has 2 bridgehead atoms. The third-order valence-corrected chi connectivity index (χ3v) is 4.05. The van der Waals surface area contributed by atoms with Gasteiger partial charge >= 0.3 is 12.2 Å². The van der Waals surface area contributed by atoms with Crippen LogP contribution >= 0.6 is 0 Å². The molecular formula is C19H27FN2O4. The third-order valence-electron chi connectivity index (χ3n) is 4.05. The molecule has 4 rings (SSSR count). The number of fused-ring (bicyclic) bond motifs is 5. The minimum absolute atomic E-state index is 0.128. The number of amides is 2. The van der Waals surface area contributed by atoms with E-state index in [2.05, 4.69) is 5.32 Å². The van der Waals surface area contributed by atoms with Crippen LogP contribution < -0.4 is 5.32 Å². The maximum absolute atomic E-state index is 12.3. The Balaban J connectivity index is 0.000000195.